The van der Waals surface area contributed by atoms with Gasteiger partial charge in [-0.3, -0.25) is 9.59 Å². The van der Waals surface area contributed by atoms with Crippen molar-refractivity contribution < 1.29 is 14.7 Å². The van der Waals surface area contributed by atoms with Crippen LogP contribution in [0.1, 0.15) is 46.0 Å². The molecule has 1 amide bonds. The average Bonchev–Trinajstić information content (AvgIpc) is 3.07. The zero-order valence-corrected chi connectivity index (χ0v) is 11.5. The van der Waals surface area contributed by atoms with Crippen molar-refractivity contribution in [2.45, 2.75) is 52.0 Å². The summed E-state index contributed by atoms with van der Waals surface area (Å²) >= 11 is 0. The standard InChI is InChI=1S/C14H23NO3/c1-14(2)6-4-9(5-7-14)15(3)12(16)10-8-11(10)13(17)18/h9-11H,4-8H2,1-3H3,(H,17,18)/t10-,11+/m1/s1. The number of hydrogen-bond donors (Lipinski definition) is 1. The van der Waals surface area contributed by atoms with Crippen LogP contribution in [0.2, 0.25) is 0 Å². The lowest BCUT2D eigenvalue weighted by molar-refractivity contribution is -0.142. The predicted octanol–water partition coefficient (Wildman–Crippen LogP) is 2.13. The van der Waals surface area contributed by atoms with Crippen molar-refractivity contribution in [2.24, 2.45) is 17.3 Å². The fourth-order valence-corrected chi connectivity index (χ4v) is 2.95. The van der Waals surface area contributed by atoms with Crippen molar-refractivity contribution in [3.8, 4) is 0 Å². The molecule has 0 aromatic heterocycles. The van der Waals surface area contributed by atoms with E-state index >= 15 is 0 Å². The Morgan fingerprint density at radius 3 is 2.17 bits per heavy atom. The van der Waals surface area contributed by atoms with Crippen LogP contribution < -0.4 is 0 Å². The van der Waals surface area contributed by atoms with Gasteiger partial charge in [-0.2, -0.15) is 0 Å². The number of carbonyl (C=O) groups is 2. The summed E-state index contributed by atoms with van der Waals surface area (Å²) in [6, 6.07) is 0.306. The minimum absolute atomic E-state index is 0.0344. The third kappa shape index (κ3) is 2.68. The Balaban J connectivity index is 1.87. The maximum Gasteiger partial charge on any atom is 0.307 e. The van der Waals surface area contributed by atoms with E-state index in [0.717, 1.165) is 25.7 Å². The Morgan fingerprint density at radius 1 is 1.17 bits per heavy atom. The third-order valence-corrected chi connectivity index (χ3v) is 4.63. The van der Waals surface area contributed by atoms with E-state index in [1.54, 1.807) is 0 Å². The number of nitrogens with zero attached hydrogens (tertiary/aromatic N) is 1. The highest BCUT2D eigenvalue weighted by molar-refractivity contribution is 5.89. The molecule has 2 fully saturated rings. The molecule has 2 saturated carbocycles. The lowest BCUT2D eigenvalue weighted by atomic mass is 9.75. The van der Waals surface area contributed by atoms with Crippen LogP contribution in [0.15, 0.2) is 0 Å². The van der Waals surface area contributed by atoms with Gasteiger partial charge < -0.3 is 10.0 Å². The smallest absolute Gasteiger partial charge is 0.307 e. The molecule has 2 aliphatic rings. The van der Waals surface area contributed by atoms with Crippen molar-refractivity contribution in [1.29, 1.82) is 0 Å². The molecule has 4 heteroatoms. The average molecular weight is 253 g/mol. The molecule has 0 aromatic carbocycles. The summed E-state index contributed by atoms with van der Waals surface area (Å²) in [5.74, 6) is -1.49. The molecule has 2 atom stereocenters. The van der Waals surface area contributed by atoms with Crippen LogP contribution in [0.4, 0.5) is 0 Å². The van der Waals surface area contributed by atoms with Gasteiger partial charge in [0.25, 0.3) is 0 Å². The van der Waals surface area contributed by atoms with Crippen LogP contribution in [0.25, 0.3) is 0 Å². The SMILES string of the molecule is CN(C(=O)[C@@H]1C[C@@H]1C(=O)O)C1CCC(C)(C)CC1. The highest BCUT2D eigenvalue weighted by atomic mass is 16.4. The van der Waals surface area contributed by atoms with E-state index in [0.29, 0.717) is 17.9 Å². The molecule has 0 aliphatic heterocycles. The number of aliphatic carboxylic acids is 1. The topological polar surface area (TPSA) is 57.6 Å². The lowest BCUT2D eigenvalue weighted by Crippen LogP contribution is -2.42. The summed E-state index contributed by atoms with van der Waals surface area (Å²) in [5.41, 5.74) is 0.392. The number of hydrogen-bond acceptors (Lipinski definition) is 2. The molecule has 1 N–H and O–H groups in total. The van der Waals surface area contributed by atoms with Gasteiger partial charge in [-0.25, -0.2) is 0 Å². The zero-order valence-electron chi connectivity index (χ0n) is 11.5. The molecule has 0 bridgehead atoms. The van der Waals surface area contributed by atoms with E-state index in [1.165, 1.54) is 0 Å². The summed E-state index contributed by atoms with van der Waals surface area (Å²) in [5, 5.41) is 8.86. The molecule has 0 saturated heterocycles. The van der Waals surface area contributed by atoms with E-state index in [1.807, 2.05) is 11.9 Å². The zero-order chi connectivity index (χ0) is 13.5. The molecule has 0 heterocycles. The second-order valence-electron chi connectivity index (χ2n) is 6.63. The molecule has 0 aromatic rings. The Bertz CT molecular complexity index is 354. The van der Waals surface area contributed by atoms with Gasteiger partial charge in [0.1, 0.15) is 0 Å². The maximum atomic E-state index is 12.1. The Kier molecular flexibility index (Phi) is 3.39. The van der Waals surface area contributed by atoms with Crippen LogP contribution >= 0.6 is 0 Å². The Hall–Kier alpha value is -1.06. The minimum atomic E-state index is -0.827. The van der Waals surface area contributed by atoms with Gasteiger partial charge in [-0.15, -0.1) is 0 Å². The van der Waals surface area contributed by atoms with Gasteiger partial charge in [0.05, 0.1) is 11.8 Å². The van der Waals surface area contributed by atoms with Crippen LogP contribution in [0.5, 0.6) is 0 Å². The second-order valence-corrected chi connectivity index (χ2v) is 6.63. The first-order chi connectivity index (χ1) is 8.32. The Morgan fingerprint density at radius 2 is 1.72 bits per heavy atom. The van der Waals surface area contributed by atoms with Gasteiger partial charge in [-0.05, 0) is 37.5 Å². The first-order valence-electron chi connectivity index (χ1n) is 6.81. The van der Waals surface area contributed by atoms with Gasteiger partial charge in [-0.1, -0.05) is 13.8 Å². The summed E-state index contributed by atoms with van der Waals surface area (Å²) < 4.78 is 0. The van der Waals surface area contributed by atoms with Crippen molar-refractivity contribution in [3.05, 3.63) is 0 Å². The van der Waals surface area contributed by atoms with Gasteiger partial charge >= 0.3 is 5.97 Å². The monoisotopic (exact) mass is 253 g/mol. The fourth-order valence-electron chi connectivity index (χ4n) is 2.95. The molecule has 4 nitrogen and oxygen atoms in total. The normalized spacial score (nSPS) is 30.8. The highest BCUT2D eigenvalue weighted by Gasteiger charge is 2.50. The summed E-state index contributed by atoms with van der Waals surface area (Å²) in [4.78, 5) is 24.7. The third-order valence-electron chi connectivity index (χ3n) is 4.63. The van der Waals surface area contributed by atoms with Crippen molar-refractivity contribution in [3.63, 3.8) is 0 Å². The summed E-state index contributed by atoms with van der Waals surface area (Å²) in [6.07, 6.45) is 4.89. The minimum Gasteiger partial charge on any atom is -0.481 e. The quantitative estimate of drug-likeness (QED) is 0.838. The fraction of sp³-hybridized carbons (Fsp3) is 0.857. The summed E-state index contributed by atoms with van der Waals surface area (Å²) in [7, 11) is 1.84. The van der Waals surface area contributed by atoms with Crippen LogP contribution in [-0.4, -0.2) is 35.0 Å². The molecule has 18 heavy (non-hydrogen) atoms. The molecule has 2 rings (SSSR count). The molecular weight excluding hydrogens is 230 g/mol. The maximum absolute atomic E-state index is 12.1. The highest BCUT2D eigenvalue weighted by Crippen LogP contribution is 2.42. The van der Waals surface area contributed by atoms with E-state index in [-0.39, 0.29) is 11.8 Å². The lowest BCUT2D eigenvalue weighted by Gasteiger charge is -2.38. The predicted molar refractivity (Wildman–Crippen MR) is 68.0 cm³/mol. The number of carboxylic acid groups (broad SMARTS) is 1. The van der Waals surface area contributed by atoms with Crippen molar-refractivity contribution in [1.82, 2.24) is 4.90 Å². The number of carbonyl (C=O) groups excluding carboxylic acids is 1. The molecule has 2 aliphatic carbocycles. The van der Waals surface area contributed by atoms with E-state index < -0.39 is 11.9 Å². The number of amides is 1. The van der Waals surface area contributed by atoms with Crippen LogP contribution in [0.3, 0.4) is 0 Å². The van der Waals surface area contributed by atoms with E-state index in [2.05, 4.69) is 13.8 Å². The molecule has 0 unspecified atom stereocenters. The molecule has 102 valence electrons. The Labute approximate surface area is 108 Å². The van der Waals surface area contributed by atoms with Crippen LogP contribution in [-0.2, 0) is 9.59 Å². The molecule has 0 spiro atoms. The van der Waals surface area contributed by atoms with Crippen LogP contribution in [0, 0.1) is 17.3 Å². The van der Waals surface area contributed by atoms with Gasteiger partial charge in [0, 0.05) is 13.1 Å². The number of rotatable bonds is 3. The molecule has 0 radical (unpaired) electrons. The number of carboxylic acids is 1. The molecular formula is C14H23NO3. The van der Waals surface area contributed by atoms with E-state index in [4.69, 9.17) is 5.11 Å². The second kappa shape index (κ2) is 4.56. The van der Waals surface area contributed by atoms with Gasteiger partial charge in [0.15, 0.2) is 0 Å². The first kappa shape index (κ1) is 13.4. The van der Waals surface area contributed by atoms with Crippen molar-refractivity contribution in [2.75, 3.05) is 7.05 Å². The first-order valence-corrected chi connectivity index (χ1v) is 6.81. The van der Waals surface area contributed by atoms with Crippen molar-refractivity contribution >= 4 is 11.9 Å². The van der Waals surface area contributed by atoms with E-state index in [9.17, 15) is 9.59 Å². The van der Waals surface area contributed by atoms with Gasteiger partial charge in [0.2, 0.25) is 5.91 Å². The summed E-state index contributed by atoms with van der Waals surface area (Å²) in [6.45, 7) is 4.54. The largest absolute Gasteiger partial charge is 0.481 e.